The van der Waals surface area contributed by atoms with Gasteiger partial charge in [-0.2, -0.15) is 0 Å². The van der Waals surface area contributed by atoms with Gasteiger partial charge in [0, 0.05) is 21.3 Å². The Morgan fingerprint density at radius 2 is 2.21 bits per heavy atom. The highest BCUT2D eigenvalue weighted by atomic mass is 79.9. The highest BCUT2D eigenvalue weighted by molar-refractivity contribution is 9.10. The summed E-state index contributed by atoms with van der Waals surface area (Å²) in [6.07, 6.45) is 3.60. The first kappa shape index (κ1) is 12.2. The maximum absolute atomic E-state index is 5.41. The molecule has 14 heavy (non-hydrogen) atoms. The number of nitrogens with two attached hydrogens (primary N) is 1. The molecule has 0 unspecified atom stereocenters. The summed E-state index contributed by atoms with van der Waals surface area (Å²) in [4.78, 5) is 1.38. The number of rotatable bonds is 7. The van der Waals surface area contributed by atoms with Crippen molar-refractivity contribution in [3.05, 3.63) is 20.8 Å². The molecular weight excluding hydrogens is 260 g/mol. The molecule has 0 bridgehead atoms. The van der Waals surface area contributed by atoms with E-state index in [0.717, 1.165) is 26.1 Å². The molecule has 0 saturated heterocycles. The van der Waals surface area contributed by atoms with E-state index in [0.29, 0.717) is 0 Å². The van der Waals surface area contributed by atoms with Gasteiger partial charge < -0.3 is 11.1 Å². The predicted molar refractivity (Wildman–Crippen MR) is 66.6 cm³/mol. The first-order valence-electron chi connectivity index (χ1n) is 4.96. The van der Waals surface area contributed by atoms with Gasteiger partial charge in [0.05, 0.1) is 0 Å². The minimum Gasteiger partial charge on any atom is -0.330 e. The molecule has 0 aliphatic carbocycles. The van der Waals surface area contributed by atoms with Crippen molar-refractivity contribution < 1.29 is 0 Å². The van der Waals surface area contributed by atoms with E-state index < -0.39 is 0 Å². The molecule has 0 aromatic carbocycles. The Balaban J connectivity index is 1.99. The molecule has 1 aromatic rings. The summed E-state index contributed by atoms with van der Waals surface area (Å²) in [6.45, 7) is 2.90. The van der Waals surface area contributed by atoms with E-state index in [1.165, 1.54) is 22.2 Å². The average Bonchev–Trinajstić information content (AvgIpc) is 2.58. The van der Waals surface area contributed by atoms with Gasteiger partial charge in [-0.25, -0.2) is 0 Å². The van der Waals surface area contributed by atoms with Crippen LogP contribution in [-0.4, -0.2) is 13.1 Å². The van der Waals surface area contributed by atoms with E-state index in [2.05, 4.69) is 32.7 Å². The van der Waals surface area contributed by atoms with Gasteiger partial charge >= 0.3 is 0 Å². The average molecular weight is 277 g/mol. The fourth-order valence-electron chi connectivity index (χ4n) is 1.23. The third-order valence-corrected chi connectivity index (χ3v) is 3.68. The second-order valence-electron chi connectivity index (χ2n) is 3.26. The minimum atomic E-state index is 0.817. The van der Waals surface area contributed by atoms with E-state index in [9.17, 15) is 0 Å². The van der Waals surface area contributed by atoms with E-state index in [-0.39, 0.29) is 0 Å². The molecular formula is C10H17BrN2S. The SMILES string of the molecule is NCCCCCNCc1cc(Br)cs1. The minimum absolute atomic E-state index is 0.817. The van der Waals surface area contributed by atoms with Crippen LogP contribution < -0.4 is 11.1 Å². The second-order valence-corrected chi connectivity index (χ2v) is 5.17. The Bertz CT molecular complexity index is 250. The molecule has 80 valence electrons. The highest BCUT2D eigenvalue weighted by Gasteiger charge is 1.96. The van der Waals surface area contributed by atoms with Gasteiger partial charge in [-0.15, -0.1) is 11.3 Å². The van der Waals surface area contributed by atoms with E-state index in [1.807, 2.05) is 0 Å². The first-order valence-corrected chi connectivity index (χ1v) is 6.64. The van der Waals surface area contributed by atoms with Crippen LogP contribution in [0.5, 0.6) is 0 Å². The van der Waals surface area contributed by atoms with Crippen LogP contribution in [0.2, 0.25) is 0 Å². The lowest BCUT2D eigenvalue weighted by molar-refractivity contribution is 0.609. The molecule has 0 aliphatic rings. The molecule has 0 spiro atoms. The van der Waals surface area contributed by atoms with Crippen LogP contribution in [0.1, 0.15) is 24.1 Å². The molecule has 0 radical (unpaired) electrons. The number of hydrogen-bond acceptors (Lipinski definition) is 3. The summed E-state index contributed by atoms with van der Waals surface area (Å²) in [5, 5.41) is 5.54. The quantitative estimate of drug-likeness (QED) is 0.752. The van der Waals surface area contributed by atoms with Crippen molar-refractivity contribution >= 4 is 27.3 Å². The van der Waals surface area contributed by atoms with Crippen molar-refractivity contribution in [2.45, 2.75) is 25.8 Å². The zero-order valence-electron chi connectivity index (χ0n) is 8.26. The summed E-state index contributed by atoms with van der Waals surface area (Å²) in [5.41, 5.74) is 5.41. The van der Waals surface area contributed by atoms with Gasteiger partial charge in [0.2, 0.25) is 0 Å². The van der Waals surface area contributed by atoms with Crippen LogP contribution in [0.3, 0.4) is 0 Å². The van der Waals surface area contributed by atoms with Crippen molar-refractivity contribution in [1.82, 2.24) is 5.32 Å². The lowest BCUT2D eigenvalue weighted by atomic mass is 10.2. The molecule has 0 atom stereocenters. The van der Waals surface area contributed by atoms with Crippen molar-refractivity contribution in [2.24, 2.45) is 5.73 Å². The first-order chi connectivity index (χ1) is 6.83. The van der Waals surface area contributed by atoms with Gasteiger partial charge in [-0.1, -0.05) is 6.42 Å². The molecule has 1 aromatic heterocycles. The molecule has 3 N–H and O–H groups in total. The van der Waals surface area contributed by atoms with Gasteiger partial charge in [-0.05, 0) is 47.9 Å². The molecule has 4 heteroatoms. The monoisotopic (exact) mass is 276 g/mol. The number of nitrogens with one attached hydrogen (secondary N) is 1. The van der Waals surface area contributed by atoms with E-state index >= 15 is 0 Å². The van der Waals surface area contributed by atoms with Crippen LogP contribution in [0.4, 0.5) is 0 Å². The lowest BCUT2D eigenvalue weighted by Crippen LogP contribution is -2.14. The lowest BCUT2D eigenvalue weighted by Gasteiger charge is -2.01. The van der Waals surface area contributed by atoms with Gasteiger partial charge in [0.1, 0.15) is 0 Å². The summed E-state index contributed by atoms with van der Waals surface area (Å²) in [6, 6.07) is 2.16. The molecule has 0 amide bonds. The van der Waals surface area contributed by atoms with E-state index in [1.54, 1.807) is 11.3 Å². The normalized spacial score (nSPS) is 10.7. The van der Waals surface area contributed by atoms with Crippen LogP contribution >= 0.6 is 27.3 Å². The number of unbranched alkanes of at least 4 members (excludes halogenated alkanes) is 2. The van der Waals surface area contributed by atoms with Crippen molar-refractivity contribution in [3.8, 4) is 0 Å². The number of hydrogen-bond donors (Lipinski definition) is 2. The maximum atomic E-state index is 5.41. The van der Waals surface area contributed by atoms with Gasteiger partial charge in [-0.3, -0.25) is 0 Å². The standard InChI is InChI=1S/C10H17BrN2S/c11-9-6-10(14-8-9)7-13-5-3-1-2-4-12/h6,8,13H,1-5,7,12H2. The molecule has 1 rings (SSSR count). The van der Waals surface area contributed by atoms with Crippen LogP contribution in [0.25, 0.3) is 0 Å². The van der Waals surface area contributed by atoms with Gasteiger partial charge in [0.25, 0.3) is 0 Å². The molecule has 0 aliphatic heterocycles. The van der Waals surface area contributed by atoms with E-state index in [4.69, 9.17) is 5.73 Å². The molecule has 2 nitrogen and oxygen atoms in total. The Hall–Kier alpha value is 0.1000. The topological polar surface area (TPSA) is 38.0 Å². The molecule has 0 saturated carbocycles. The molecule has 1 heterocycles. The van der Waals surface area contributed by atoms with Crippen molar-refractivity contribution in [1.29, 1.82) is 0 Å². The fraction of sp³-hybridized carbons (Fsp3) is 0.600. The zero-order chi connectivity index (χ0) is 10.2. The summed E-state index contributed by atoms with van der Waals surface area (Å²) in [5.74, 6) is 0. The summed E-state index contributed by atoms with van der Waals surface area (Å²) < 4.78 is 1.18. The maximum Gasteiger partial charge on any atom is 0.0300 e. The summed E-state index contributed by atoms with van der Waals surface area (Å²) in [7, 11) is 0. The smallest absolute Gasteiger partial charge is 0.0300 e. The Morgan fingerprint density at radius 1 is 1.36 bits per heavy atom. The predicted octanol–water partition coefficient (Wildman–Crippen LogP) is 2.73. The Labute approximate surface area is 98.0 Å². The van der Waals surface area contributed by atoms with Gasteiger partial charge in [0.15, 0.2) is 0 Å². The second kappa shape index (κ2) is 7.40. The third kappa shape index (κ3) is 5.10. The highest BCUT2D eigenvalue weighted by Crippen LogP contribution is 2.19. The van der Waals surface area contributed by atoms with Crippen molar-refractivity contribution in [2.75, 3.05) is 13.1 Å². The summed E-state index contributed by atoms with van der Waals surface area (Å²) >= 11 is 5.23. The number of thiophene rings is 1. The van der Waals surface area contributed by atoms with Crippen LogP contribution in [0, 0.1) is 0 Å². The van der Waals surface area contributed by atoms with Crippen LogP contribution in [0.15, 0.2) is 15.9 Å². The fourth-order valence-corrected chi connectivity index (χ4v) is 2.65. The number of halogens is 1. The zero-order valence-corrected chi connectivity index (χ0v) is 10.7. The van der Waals surface area contributed by atoms with Crippen LogP contribution in [-0.2, 0) is 6.54 Å². The largest absolute Gasteiger partial charge is 0.330 e. The Kier molecular flexibility index (Phi) is 6.43. The molecule has 0 fully saturated rings. The Morgan fingerprint density at radius 3 is 2.86 bits per heavy atom. The van der Waals surface area contributed by atoms with Crippen molar-refractivity contribution in [3.63, 3.8) is 0 Å². The third-order valence-electron chi connectivity index (χ3n) is 1.98.